The molecule has 2 aromatic rings. The molecule has 8 heteroatoms. The van der Waals surface area contributed by atoms with Crippen LogP contribution < -0.4 is 5.32 Å². The number of aromatic amines is 1. The van der Waals surface area contributed by atoms with E-state index in [2.05, 4.69) is 25.6 Å². The molecule has 0 aromatic carbocycles. The lowest BCUT2D eigenvalue weighted by Gasteiger charge is -2.23. The van der Waals surface area contributed by atoms with Crippen molar-refractivity contribution in [2.45, 2.75) is 51.1 Å². The zero-order chi connectivity index (χ0) is 16.5. The first-order valence-electron chi connectivity index (χ1n) is 8.59. The van der Waals surface area contributed by atoms with Gasteiger partial charge in [0.25, 0.3) is 5.91 Å². The van der Waals surface area contributed by atoms with Crippen molar-refractivity contribution in [3.8, 4) is 0 Å². The van der Waals surface area contributed by atoms with Crippen LogP contribution in [-0.4, -0.2) is 50.1 Å². The molecule has 8 nitrogen and oxygen atoms in total. The summed E-state index contributed by atoms with van der Waals surface area (Å²) < 4.78 is 7.34. The largest absolute Gasteiger partial charge is 0.381 e. The average molecular weight is 330 g/mol. The second kappa shape index (κ2) is 6.35. The van der Waals surface area contributed by atoms with Gasteiger partial charge in [0.05, 0.1) is 30.6 Å². The van der Waals surface area contributed by atoms with Gasteiger partial charge in [-0.1, -0.05) is 6.92 Å². The van der Waals surface area contributed by atoms with E-state index in [-0.39, 0.29) is 17.9 Å². The molecule has 0 bridgehead atoms. The molecular formula is C16H22N6O2. The lowest BCUT2D eigenvalue weighted by Crippen LogP contribution is -2.41. The van der Waals surface area contributed by atoms with Crippen molar-refractivity contribution in [2.75, 3.05) is 13.2 Å². The van der Waals surface area contributed by atoms with E-state index in [9.17, 15) is 4.79 Å². The first kappa shape index (κ1) is 15.3. The number of hydrogen-bond acceptors (Lipinski definition) is 5. The van der Waals surface area contributed by atoms with Crippen molar-refractivity contribution < 1.29 is 9.53 Å². The minimum absolute atomic E-state index is 0.0685. The Bertz CT molecular complexity index is 731. The van der Waals surface area contributed by atoms with Crippen LogP contribution in [0.4, 0.5) is 0 Å². The summed E-state index contributed by atoms with van der Waals surface area (Å²) in [5, 5.41) is 14.7. The first-order valence-corrected chi connectivity index (χ1v) is 8.59. The van der Waals surface area contributed by atoms with Crippen LogP contribution in [0.3, 0.4) is 0 Å². The second-order valence-electron chi connectivity index (χ2n) is 6.45. The van der Waals surface area contributed by atoms with Crippen LogP contribution >= 0.6 is 0 Å². The number of hydrogen-bond donors (Lipinski definition) is 2. The molecule has 1 saturated heterocycles. The van der Waals surface area contributed by atoms with Crippen LogP contribution in [-0.2, 0) is 24.1 Å². The summed E-state index contributed by atoms with van der Waals surface area (Å²) >= 11 is 0. The minimum atomic E-state index is -0.0741. The van der Waals surface area contributed by atoms with E-state index in [1.54, 1.807) is 6.20 Å². The molecule has 0 radical (unpaired) electrons. The maximum Gasteiger partial charge on any atom is 0.255 e. The molecule has 2 unspecified atom stereocenters. The first-order chi connectivity index (χ1) is 11.7. The van der Waals surface area contributed by atoms with Gasteiger partial charge in [0.1, 0.15) is 5.82 Å². The van der Waals surface area contributed by atoms with Crippen LogP contribution in [0.1, 0.15) is 53.4 Å². The van der Waals surface area contributed by atoms with Gasteiger partial charge in [-0.25, -0.2) is 9.67 Å². The third-order valence-corrected chi connectivity index (χ3v) is 4.80. The Labute approximate surface area is 140 Å². The summed E-state index contributed by atoms with van der Waals surface area (Å²) in [6.45, 7) is 4.11. The molecule has 24 heavy (non-hydrogen) atoms. The van der Waals surface area contributed by atoms with E-state index in [1.165, 1.54) is 0 Å². The molecule has 2 atom stereocenters. The van der Waals surface area contributed by atoms with Crippen LogP contribution in [0.5, 0.6) is 0 Å². The summed E-state index contributed by atoms with van der Waals surface area (Å²) in [6, 6.07) is 0.0685. The van der Waals surface area contributed by atoms with Crippen molar-refractivity contribution in [1.82, 2.24) is 30.3 Å². The number of aromatic nitrogens is 5. The van der Waals surface area contributed by atoms with Gasteiger partial charge in [0, 0.05) is 31.4 Å². The monoisotopic (exact) mass is 330 g/mol. The molecule has 2 N–H and O–H groups in total. The maximum absolute atomic E-state index is 12.7. The topological polar surface area (TPSA) is 97.7 Å². The summed E-state index contributed by atoms with van der Waals surface area (Å²) in [7, 11) is 0. The number of fused-ring (bicyclic) bond motifs is 1. The molecule has 0 saturated carbocycles. The number of nitrogens with zero attached hydrogens (tertiary/aromatic N) is 4. The number of nitrogens with one attached hydrogen (secondary N) is 2. The Hall–Kier alpha value is -2.22. The van der Waals surface area contributed by atoms with Crippen LogP contribution in [0.2, 0.25) is 0 Å². The number of rotatable bonds is 4. The smallest absolute Gasteiger partial charge is 0.255 e. The minimum Gasteiger partial charge on any atom is -0.381 e. The number of H-pyrrole nitrogens is 1. The number of aryl methyl sites for hydroxylation is 2. The van der Waals surface area contributed by atoms with Gasteiger partial charge in [-0.15, -0.1) is 0 Å². The summed E-state index contributed by atoms with van der Waals surface area (Å²) in [5.41, 5.74) is 1.51. The second-order valence-corrected chi connectivity index (χ2v) is 6.45. The summed E-state index contributed by atoms with van der Waals surface area (Å²) in [5.74, 6) is 2.04. The Morgan fingerprint density at radius 2 is 2.42 bits per heavy atom. The quantitative estimate of drug-likeness (QED) is 0.864. The van der Waals surface area contributed by atoms with Crippen LogP contribution in [0.15, 0.2) is 6.20 Å². The fourth-order valence-electron chi connectivity index (χ4n) is 3.44. The summed E-state index contributed by atoms with van der Waals surface area (Å²) in [4.78, 5) is 17.2. The standard InChI is InChI=1S/C16H22N6O2/c1-2-13-19-14-4-3-11(8-22(14)21-13)18-16(23)12-7-17-20-15(12)10-5-6-24-9-10/h7,10-11H,2-6,8-9H2,1H3,(H,17,20)(H,18,23). The Morgan fingerprint density at radius 1 is 1.50 bits per heavy atom. The van der Waals surface area contributed by atoms with Gasteiger partial charge < -0.3 is 10.1 Å². The predicted octanol–water partition coefficient (Wildman–Crippen LogP) is 0.812. The Balaban J connectivity index is 1.44. The normalized spacial score (nSPS) is 23.2. The highest BCUT2D eigenvalue weighted by Crippen LogP contribution is 2.26. The highest BCUT2D eigenvalue weighted by Gasteiger charge is 2.28. The van der Waals surface area contributed by atoms with Crippen molar-refractivity contribution in [1.29, 1.82) is 0 Å². The molecule has 2 aliphatic rings. The fraction of sp³-hybridized carbons (Fsp3) is 0.625. The predicted molar refractivity (Wildman–Crippen MR) is 85.7 cm³/mol. The van der Waals surface area contributed by atoms with Crippen LogP contribution in [0, 0.1) is 0 Å². The van der Waals surface area contributed by atoms with Gasteiger partial charge in [0.2, 0.25) is 0 Å². The molecule has 1 fully saturated rings. The van der Waals surface area contributed by atoms with E-state index < -0.39 is 0 Å². The molecular weight excluding hydrogens is 308 g/mol. The Morgan fingerprint density at radius 3 is 3.21 bits per heavy atom. The molecule has 2 aliphatic heterocycles. The van der Waals surface area contributed by atoms with E-state index in [0.717, 1.165) is 49.6 Å². The molecule has 4 heterocycles. The lowest BCUT2D eigenvalue weighted by molar-refractivity contribution is 0.0924. The molecule has 128 valence electrons. The zero-order valence-corrected chi connectivity index (χ0v) is 13.8. The van der Waals surface area contributed by atoms with Gasteiger partial charge in [-0.3, -0.25) is 9.89 Å². The highest BCUT2D eigenvalue weighted by atomic mass is 16.5. The van der Waals surface area contributed by atoms with E-state index >= 15 is 0 Å². The average Bonchev–Trinajstić information content (AvgIpc) is 3.32. The fourth-order valence-corrected chi connectivity index (χ4v) is 3.44. The maximum atomic E-state index is 12.7. The number of amides is 1. The van der Waals surface area contributed by atoms with Crippen LogP contribution in [0.25, 0.3) is 0 Å². The third-order valence-electron chi connectivity index (χ3n) is 4.80. The van der Waals surface area contributed by atoms with Crippen molar-refractivity contribution in [2.24, 2.45) is 0 Å². The lowest BCUT2D eigenvalue weighted by atomic mass is 10.0. The SMILES string of the molecule is CCc1nc2n(n1)CC(NC(=O)c1cn[nH]c1C1CCOC1)CC2. The van der Waals surface area contributed by atoms with Gasteiger partial charge in [-0.05, 0) is 12.8 Å². The number of carbonyl (C=O) groups excluding carboxylic acids is 1. The van der Waals surface area contributed by atoms with Gasteiger partial charge in [0.15, 0.2) is 5.82 Å². The van der Waals surface area contributed by atoms with E-state index in [1.807, 2.05) is 11.6 Å². The Kier molecular flexibility index (Phi) is 4.05. The van der Waals surface area contributed by atoms with Crippen molar-refractivity contribution >= 4 is 5.91 Å². The van der Waals surface area contributed by atoms with Crippen molar-refractivity contribution in [3.05, 3.63) is 29.1 Å². The highest BCUT2D eigenvalue weighted by molar-refractivity contribution is 5.95. The van der Waals surface area contributed by atoms with E-state index in [4.69, 9.17) is 4.74 Å². The zero-order valence-electron chi connectivity index (χ0n) is 13.8. The molecule has 0 aliphatic carbocycles. The number of carbonyl (C=O) groups is 1. The molecule has 4 rings (SSSR count). The number of ether oxygens (including phenoxy) is 1. The van der Waals surface area contributed by atoms with Crippen molar-refractivity contribution in [3.63, 3.8) is 0 Å². The molecule has 1 amide bonds. The van der Waals surface area contributed by atoms with E-state index in [0.29, 0.717) is 18.7 Å². The molecule has 2 aromatic heterocycles. The summed E-state index contributed by atoms with van der Waals surface area (Å²) in [6.07, 6.45) is 5.09. The molecule has 0 spiro atoms. The van der Waals surface area contributed by atoms with Gasteiger partial charge in [-0.2, -0.15) is 10.2 Å². The van der Waals surface area contributed by atoms with Gasteiger partial charge >= 0.3 is 0 Å². The third kappa shape index (κ3) is 2.82.